The minimum Gasteiger partial charge on any atom is -0.354 e. The van der Waals surface area contributed by atoms with Gasteiger partial charge in [-0.3, -0.25) is 13.9 Å². The number of sulfonamides is 1. The monoisotopic (exact) mass is 515 g/mol. The summed E-state index contributed by atoms with van der Waals surface area (Å²) in [4.78, 5) is 27.7. The van der Waals surface area contributed by atoms with Crippen LogP contribution in [-0.2, 0) is 26.2 Å². The summed E-state index contributed by atoms with van der Waals surface area (Å²) >= 11 is 0. The molecule has 1 atom stereocenters. The van der Waals surface area contributed by atoms with Gasteiger partial charge in [0.15, 0.2) is 0 Å². The molecule has 0 unspecified atom stereocenters. The Labute approximate surface area is 216 Å². The van der Waals surface area contributed by atoms with E-state index < -0.39 is 16.1 Å². The Morgan fingerprint density at radius 3 is 2.22 bits per heavy atom. The van der Waals surface area contributed by atoms with Crippen LogP contribution in [0.25, 0.3) is 0 Å². The highest BCUT2D eigenvalue weighted by atomic mass is 32.2. The smallest absolute Gasteiger partial charge is 0.242 e. The first-order chi connectivity index (χ1) is 16.9. The maximum absolute atomic E-state index is 13.3. The Hall–Kier alpha value is -2.87. The molecule has 198 valence electrons. The topological polar surface area (TPSA) is 86.8 Å². The zero-order valence-electron chi connectivity index (χ0n) is 22.5. The van der Waals surface area contributed by atoms with E-state index in [0.717, 1.165) is 35.1 Å². The summed E-state index contributed by atoms with van der Waals surface area (Å²) in [6.45, 7) is 10.8. The van der Waals surface area contributed by atoms with Crippen LogP contribution in [-0.4, -0.2) is 50.5 Å². The highest BCUT2D eigenvalue weighted by Crippen LogP contribution is 2.22. The third-order valence-electron chi connectivity index (χ3n) is 6.40. The Kier molecular flexibility index (Phi) is 11.0. The number of anilines is 1. The average molecular weight is 516 g/mol. The molecular formula is C28H41N3O4S. The number of rotatable bonds is 13. The highest BCUT2D eigenvalue weighted by Gasteiger charge is 2.26. The van der Waals surface area contributed by atoms with Crippen LogP contribution in [0.15, 0.2) is 42.5 Å². The number of nitrogens with one attached hydrogen (secondary N) is 1. The summed E-state index contributed by atoms with van der Waals surface area (Å²) in [5.74, 6) is -0.362. The SMILES string of the molecule is CCCCNC(=O)[C@H](C)N(Cc1ccc(C)cc1)C(=O)CCCN(c1ccc(C)c(C)c1)S(C)(=O)=O. The van der Waals surface area contributed by atoms with Crippen molar-refractivity contribution >= 4 is 27.5 Å². The zero-order valence-corrected chi connectivity index (χ0v) is 23.3. The van der Waals surface area contributed by atoms with Crippen LogP contribution in [0.1, 0.15) is 61.8 Å². The van der Waals surface area contributed by atoms with Crippen molar-refractivity contribution in [2.24, 2.45) is 0 Å². The Morgan fingerprint density at radius 1 is 0.972 bits per heavy atom. The quantitative estimate of drug-likeness (QED) is 0.398. The normalized spacial score (nSPS) is 12.2. The molecule has 0 heterocycles. The number of carbonyl (C=O) groups excluding carboxylic acids is 2. The lowest BCUT2D eigenvalue weighted by Crippen LogP contribution is -2.48. The van der Waals surface area contributed by atoms with Gasteiger partial charge in [0, 0.05) is 26.1 Å². The highest BCUT2D eigenvalue weighted by molar-refractivity contribution is 7.92. The molecule has 0 aromatic heterocycles. The molecule has 2 aromatic rings. The van der Waals surface area contributed by atoms with Gasteiger partial charge < -0.3 is 10.2 Å². The molecule has 0 fully saturated rings. The van der Waals surface area contributed by atoms with Gasteiger partial charge in [-0.1, -0.05) is 49.2 Å². The molecule has 0 bridgehead atoms. The number of amides is 2. The van der Waals surface area contributed by atoms with Gasteiger partial charge in [-0.2, -0.15) is 0 Å². The molecule has 0 radical (unpaired) electrons. The van der Waals surface area contributed by atoms with Crippen molar-refractivity contribution in [1.82, 2.24) is 10.2 Å². The van der Waals surface area contributed by atoms with Crippen molar-refractivity contribution in [2.75, 3.05) is 23.7 Å². The fourth-order valence-electron chi connectivity index (χ4n) is 3.89. The van der Waals surface area contributed by atoms with Gasteiger partial charge in [-0.05, 0) is 69.4 Å². The van der Waals surface area contributed by atoms with Gasteiger partial charge in [0.05, 0.1) is 11.9 Å². The van der Waals surface area contributed by atoms with Crippen LogP contribution < -0.4 is 9.62 Å². The van der Waals surface area contributed by atoms with Crippen molar-refractivity contribution in [3.63, 3.8) is 0 Å². The molecule has 36 heavy (non-hydrogen) atoms. The van der Waals surface area contributed by atoms with Crippen LogP contribution in [0.5, 0.6) is 0 Å². The molecule has 2 amide bonds. The van der Waals surface area contributed by atoms with Crippen molar-refractivity contribution in [3.8, 4) is 0 Å². The summed E-state index contributed by atoms with van der Waals surface area (Å²) in [6, 6.07) is 12.8. The molecule has 8 heteroatoms. The third kappa shape index (κ3) is 8.66. The first-order valence-corrected chi connectivity index (χ1v) is 14.5. The second-order valence-electron chi connectivity index (χ2n) is 9.54. The molecule has 0 aliphatic heterocycles. The van der Waals surface area contributed by atoms with E-state index in [1.165, 1.54) is 10.6 Å². The van der Waals surface area contributed by atoms with E-state index in [1.807, 2.05) is 57.2 Å². The molecule has 7 nitrogen and oxygen atoms in total. The Morgan fingerprint density at radius 2 is 1.64 bits per heavy atom. The second-order valence-corrected chi connectivity index (χ2v) is 11.4. The Balaban J connectivity index is 2.15. The summed E-state index contributed by atoms with van der Waals surface area (Å²) in [6.07, 6.45) is 3.50. The molecule has 0 aliphatic carbocycles. The van der Waals surface area contributed by atoms with E-state index in [4.69, 9.17) is 0 Å². The van der Waals surface area contributed by atoms with Crippen molar-refractivity contribution in [1.29, 1.82) is 0 Å². The molecule has 0 aliphatic rings. The number of unbranched alkanes of at least 4 members (excludes halogenated alkanes) is 1. The molecule has 0 spiro atoms. The summed E-state index contributed by atoms with van der Waals surface area (Å²) in [5, 5.41) is 2.92. The number of nitrogens with zero attached hydrogens (tertiary/aromatic N) is 2. The van der Waals surface area contributed by atoms with Crippen LogP contribution >= 0.6 is 0 Å². The van der Waals surface area contributed by atoms with Gasteiger partial charge >= 0.3 is 0 Å². The van der Waals surface area contributed by atoms with Crippen molar-refractivity contribution in [2.45, 2.75) is 72.9 Å². The molecule has 0 saturated heterocycles. The molecular weight excluding hydrogens is 474 g/mol. The van der Waals surface area contributed by atoms with Crippen molar-refractivity contribution in [3.05, 3.63) is 64.7 Å². The lowest BCUT2D eigenvalue weighted by Gasteiger charge is -2.29. The van der Waals surface area contributed by atoms with Gasteiger partial charge in [-0.15, -0.1) is 0 Å². The average Bonchev–Trinajstić information content (AvgIpc) is 2.82. The summed E-state index contributed by atoms with van der Waals surface area (Å²) < 4.78 is 26.4. The van der Waals surface area contributed by atoms with E-state index in [0.29, 0.717) is 25.2 Å². The number of aryl methyl sites for hydroxylation is 3. The number of carbonyl (C=O) groups is 2. The van der Waals surface area contributed by atoms with Crippen LogP contribution in [0.4, 0.5) is 5.69 Å². The van der Waals surface area contributed by atoms with Crippen LogP contribution in [0, 0.1) is 20.8 Å². The van der Waals surface area contributed by atoms with E-state index in [-0.39, 0.29) is 24.8 Å². The number of hydrogen-bond donors (Lipinski definition) is 1. The zero-order chi connectivity index (χ0) is 26.9. The van der Waals surface area contributed by atoms with Crippen LogP contribution in [0.2, 0.25) is 0 Å². The van der Waals surface area contributed by atoms with Gasteiger partial charge in [-0.25, -0.2) is 8.42 Å². The van der Waals surface area contributed by atoms with Gasteiger partial charge in [0.2, 0.25) is 21.8 Å². The standard InChI is InChI=1S/C28H41N3O4S/c1-7-8-17-29-28(33)24(5)30(20-25-14-11-21(2)12-15-25)27(32)10-9-18-31(36(6,34)35)26-16-13-22(3)23(4)19-26/h11-16,19,24H,7-10,17-18,20H2,1-6H3,(H,29,33)/t24-/m0/s1. The van der Waals surface area contributed by atoms with Gasteiger partial charge in [0.25, 0.3) is 0 Å². The minimum atomic E-state index is -3.52. The fourth-order valence-corrected chi connectivity index (χ4v) is 4.85. The summed E-state index contributed by atoms with van der Waals surface area (Å²) in [5.41, 5.74) is 4.74. The lowest BCUT2D eigenvalue weighted by molar-refractivity contribution is -0.140. The number of benzene rings is 2. The Bertz CT molecular complexity index is 1130. The van der Waals surface area contributed by atoms with Crippen molar-refractivity contribution < 1.29 is 18.0 Å². The molecule has 2 aromatic carbocycles. The summed E-state index contributed by atoms with van der Waals surface area (Å²) in [7, 11) is -3.52. The first-order valence-electron chi connectivity index (χ1n) is 12.6. The predicted octanol–water partition coefficient (Wildman–Crippen LogP) is 4.49. The van der Waals surface area contributed by atoms with E-state index in [2.05, 4.69) is 12.2 Å². The second kappa shape index (κ2) is 13.4. The van der Waals surface area contributed by atoms with E-state index in [9.17, 15) is 18.0 Å². The maximum atomic E-state index is 13.3. The fraction of sp³-hybridized carbons (Fsp3) is 0.500. The molecule has 0 saturated carbocycles. The lowest BCUT2D eigenvalue weighted by atomic mass is 10.1. The molecule has 2 rings (SSSR count). The predicted molar refractivity (Wildman–Crippen MR) is 146 cm³/mol. The van der Waals surface area contributed by atoms with E-state index in [1.54, 1.807) is 17.9 Å². The first kappa shape index (κ1) is 29.4. The minimum absolute atomic E-state index is 0.134. The molecule has 1 N–H and O–H groups in total. The van der Waals surface area contributed by atoms with E-state index >= 15 is 0 Å². The maximum Gasteiger partial charge on any atom is 0.242 e. The van der Waals surface area contributed by atoms with Crippen LogP contribution in [0.3, 0.4) is 0 Å². The number of hydrogen-bond acceptors (Lipinski definition) is 4. The van der Waals surface area contributed by atoms with Gasteiger partial charge in [0.1, 0.15) is 6.04 Å². The third-order valence-corrected chi connectivity index (χ3v) is 7.60. The largest absolute Gasteiger partial charge is 0.354 e.